The maximum atomic E-state index is 11.4. The standard InChI is InChI=1S/C14H18O4/c1-17-11-7-6-10(8-12(11)18-2)13(14(15)16)9-4-3-5-9/h6-9,13H,3-5H2,1-2H3,(H,15,16). The predicted molar refractivity (Wildman–Crippen MR) is 67.3 cm³/mol. The van der Waals surface area contributed by atoms with Crippen molar-refractivity contribution in [2.45, 2.75) is 25.2 Å². The summed E-state index contributed by atoms with van der Waals surface area (Å²) >= 11 is 0. The van der Waals surface area contributed by atoms with Gasteiger partial charge in [0.25, 0.3) is 0 Å². The third-order valence-corrected chi connectivity index (χ3v) is 3.65. The van der Waals surface area contributed by atoms with Gasteiger partial charge in [0.15, 0.2) is 11.5 Å². The summed E-state index contributed by atoms with van der Waals surface area (Å²) < 4.78 is 10.4. The Hall–Kier alpha value is -1.71. The van der Waals surface area contributed by atoms with Gasteiger partial charge in [0.1, 0.15) is 0 Å². The fourth-order valence-electron chi connectivity index (χ4n) is 2.44. The molecule has 4 heteroatoms. The highest BCUT2D eigenvalue weighted by Gasteiger charge is 2.34. The van der Waals surface area contributed by atoms with Crippen LogP contribution < -0.4 is 9.47 Å². The molecule has 1 unspecified atom stereocenters. The number of hydrogen-bond donors (Lipinski definition) is 1. The Kier molecular flexibility index (Phi) is 3.75. The van der Waals surface area contributed by atoms with Gasteiger partial charge in [-0.1, -0.05) is 12.5 Å². The third-order valence-electron chi connectivity index (χ3n) is 3.65. The Bertz CT molecular complexity index is 437. The Morgan fingerprint density at radius 1 is 1.28 bits per heavy atom. The Morgan fingerprint density at radius 3 is 2.39 bits per heavy atom. The molecule has 0 aliphatic heterocycles. The van der Waals surface area contributed by atoms with Crippen LogP contribution in [0.5, 0.6) is 11.5 Å². The molecule has 1 aliphatic rings. The average molecular weight is 250 g/mol. The van der Waals surface area contributed by atoms with Crippen LogP contribution in [-0.4, -0.2) is 25.3 Å². The van der Waals surface area contributed by atoms with Crippen molar-refractivity contribution in [3.05, 3.63) is 23.8 Å². The molecule has 0 aromatic heterocycles. The minimum Gasteiger partial charge on any atom is -0.493 e. The summed E-state index contributed by atoms with van der Waals surface area (Å²) in [5.74, 6) is 0.269. The first-order valence-corrected chi connectivity index (χ1v) is 6.12. The number of rotatable bonds is 5. The first-order chi connectivity index (χ1) is 8.67. The molecule has 0 radical (unpaired) electrons. The second-order valence-electron chi connectivity index (χ2n) is 4.62. The molecule has 4 nitrogen and oxygen atoms in total. The van der Waals surface area contributed by atoms with Crippen molar-refractivity contribution < 1.29 is 19.4 Å². The smallest absolute Gasteiger partial charge is 0.311 e. The third kappa shape index (κ3) is 2.28. The lowest BCUT2D eigenvalue weighted by atomic mass is 9.73. The molecule has 1 aliphatic carbocycles. The van der Waals surface area contributed by atoms with Crippen LogP contribution in [0.15, 0.2) is 18.2 Å². The molecule has 0 heterocycles. The zero-order valence-electron chi connectivity index (χ0n) is 10.7. The second-order valence-corrected chi connectivity index (χ2v) is 4.62. The molecule has 98 valence electrons. The number of hydrogen-bond acceptors (Lipinski definition) is 3. The van der Waals surface area contributed by atoms with Crippen molar-refractivity contribution in [3.8, 4) is 11.5 Å². The highest BCUT2D eigenvalue weighted by atomic mass is 16.5. The maximum absolute atomic E-state index is 11.4. The van der Waals surface area contributed by atoms with Gasteiger partial charge < -0.3 is 14.6 Å². The van der Waals surface area contributed by atoms with Crippen molar-refractivity contribution in [3.63, 3.8) is 0 Å². The molecule has 18 heavy (non-hydrogen) atoms. The zero-order chi connectivity index (χ0) is 13.1. The van der Waals surface area contributed by atoms with E-state index in [1.807, 2.05) is 6.07 Å². The topological polar surface area (TPSA) is 55.8 Å². The lowest BCUT2D eigenvalue weighted by Crippen LogP contribution is -2.26. The Balaban J connectivity index is 2.32. The van der Waals surface area contributed by atoms with E-state index in [1.54, 1.807) is 26.4 Å². The van der Waals surface area contributed by atoms with Crippen LogP contribution >= 0.6 is 0 Å². The van der Waals surface area contributed by atoms with E-state index in [4.69, 9.17) is 9.47 Å². The van der Waals surface area contributed by atoms with E-state index < -0.39 is 11.9 Å². The zero-order valence-corrected chi connectivity index (χ0v) is 10.7. The molecule has 1 N–H and O–H groups in total. The van der Waals surface area contributed by atoms with Gasteiger partial charge in [-0.25, -0.2) is 0 Å². The summed E-state index contributed by atoms with van der Waals surface area (Å²) in [4.78, 5) is 11.4. The van der Waals surface area contributed by atoms with Crippen LogP contribution in [0.1, 0.15) is 30.7 Å². The minimum absolute atomic E-state index is 0.251. The van der Waals surface area contributed by atoms with Crippen LogP contribution in [0, 0.1) is 5.92 Å². The van der Waals surface area contributed by atoms with E-state index in [0.717, 1.165) is 24.8 Å². The largest absolute Gasteiger partial charge is 0.493 e. The van der Waals surface area contributed by atoms with Crippen molar-refractivity contribution in [2.75, 3.05) is 14.2 Å². The van der Waals surface area contributed by atoms with Crippen LogP contribution in [0.2, 0.25) is 0 Å². The molecule has 0 amide bonds. The number of carboxylic acids is 1. The lowest BCUT2D eigenvalue weighted by Gasteiger charge is -2.31. The molecular formula is C14H18O4. The van der Waals surface area contributed by atoms with Gasteiger partial charge in [-0.05, 0) is 36.5 Å². The predicted octanol–water partition coefficient (Wildman–Crippen LogP) is 2.67. The van der Waals surface area contributed by atoms with E-state index in [9.17, 15) is 9.90 Å². The Labute approximate surface area is 107 Å². The minimum atomic E-state index is -0.757. The van der Waals surface area contributed by atoms with Gasteiger partial charge in [-0.2, -0.15) is 0 Å². The second kappa shape index (κ2) is 5.29. The number of carboxylic acid groups (broad SMARTS) is 1. The van der Waals surface area contributed by atoms with Gasteiger partial charge in [0.2, 0.25) is 0 Å². The molecule has 1 aromatic carbocycles. The number of benzene rings is 1. The highest BCUT2D eigenvalue weighted by molar-refractivity contribution is 5.77. The molecular weight excluding hydrogens is 232 g/mol. The number of carbonyl (C=O) groups is 1. The molecule has 0 saturated heterocycles. The monoisotopic (exact) mass is 250 g/mol. The number of aliphatic carboxylic acids is 1. The van der Waals surface area contributed by atoms with Gasteiger partial charge >= 0.3 is 5.97 Å². The first kappa shape index (κ1) is 12.7. The normalized spacial score (nSPS) is 16.8. The number of ether oxygens (including phenoxy) is 2. The van der Waals surface area contributed by atoms with Crippen LogP contribution in [0.25, 0.3) is 0 Å². The summed E-state index contributed by atoms with van der Waals surface area (Å²) in [5, 5.41) is 9.38. The lowest BCUT2D eigenvalue weighted by molar-refractivity contribution is -0.141. The molecule has 0 bridgehead atoms. The van der Waals surface area contributed by atoms with Crippen molar-refractivity contribution in [1.82, 2.24) is 0 Å². The summed E-state index contributed by atoms with van der Waals surface area (Å²) in [6.07, 6.45) is 3.11. The van der Waals surface area contributed by atoms with Crippen molar-refractivity contribution in [1.29, 1.82) is 0 Å². The van der Waals surface area contributed by atoms with Gasteiger partial charge in [0, 0.05) is 0 Å². The molecule has 1 aromatic rings. The SMILES string of the molecule is COc1ccc(C(C(=O)O)C2CCC2)cc1OC. The van der Waals surface area contributed by atoms with Gasteiger partial charge in [-0.3, -0.25) is 4.79 Å². The van der Waals surface area contributed by atoms with Crippen LogP contribution in [-0.2, 0) is 4.79 Å². The summed E-state index contributed by atoms with van der Waals surface area (Å²) in [6, 6.07) is 5.36. The Morgan fingerprint density at radius 2 is 1.94 bits per heavy atom. The fraction of sp³-hybridized carbons (Fsp3) is 0.500. The van der Waals surface area contributed by atoms with Crippen LogP contribution in [0.3, 0.4) is 0 Å². The average Bonchev–Trinajstić information content (AvgIpc) is 2.32. The van der Waals surface area contributed by atoms with E-state index >= 15 is 0 Å². The molecule has 2 rings (SSSR count). The first-order valence-electron chi connectivity index (χ1n) is 6.12. The van der Waals surface area contributed by atoms with E-state index in [1.165, 1.54) is 0 Å². The summed E-state index contributed by atoms with van der Waals surface area (Å²) in [6.45, 7) is 0. The van der Waals surface area contributed by atoms with Gasteiger partial charge in [0.05, 0.1) is 20.1 Å². The summed E-state index contributed by atoms with van der Waals surface area (Å²) in [5.41, 5.74) is 0.796. The molecule has 0 spiro atoms. The number of methoxy groups -OCH3 is 2. The fourth-order valence-corrected chi connectivity index (χ4v) is 2.44. The maximum Gasteiger partial charge on any atom is 0.311 e. The van der Waals surface area contributed by atoms with Crippen LogP contribution in [0.4, 0.5) is 0 Å². The van der Waals surface area contributed by atoms with Crippen molar-refractivity contribution >= 4 is 5.97 Å². The van der Waals surface area contributed by atoms with E-state index in [-0.39, 0.29) is 5.92 Å². The van der Waals surface area contributed by atoms with E-state index in [2.05, 4.69) is 0 Å². The summed E-state index contributed by atoms with van der Waals surface area (Å²) in [7, 11) is 3.12. The molecule has 1 fully saturated rings. The highest BCUT2D eigenvalue weighted by Crippen LogP contribution is 2.41. The van der Waals surface area contributed by atoms with E-state index in [0.29, 0.717) is 11.5 Å². The van der Waals surface area contributed by atoms with Gasteiger partial charge in [-0.15, -0.1) is 0 Å². The quantitative estimate of drug-likeness (QED) is 0.872. The molecule has 1 saturated carbocycles. The van der Waals surface area contributed by atoms with Crippen molar-refractivity contribution in [2.24, 2.45) is 5.92 Å². The molecule has 1 atom stereocenters.